The number of hydrogen-bond acceptors (Lipinski definition) is 2. The molecule has 1 N–H and O–H groups in total. The Morgan fingerprint density at radius 3 is 2.60 bits per heavy atom. The van der Waals surface area contributed by atoms with Gasteiger partial charge in [-0.3, -0.25) is 0 Å². The lowest BCUT2D eigenvalue weighted by molar-refractivity contribution is 0.0697. The lowest BCUT2D eigenvalue weighted by Gasteiger charge is -2.27. The van der Waals surface area contributed by atoms with Crippen LogP contribution in [0.5, 0.6) is 0 Å². The second-order valence-electron chi connectivity index (χ2n) is 3.69. The Bertz CT molecular complexity index is 349. The first-order chi connectivity index (χ1) is 7.07. The van der Waals surface area contributed by atoms with Crippen LogP contribution < -0.4 is 4.90 Å². The molecule has 0 heterocycles. The normalized spacial score (nSPS) is 12.2. The summed E-state index contributed by atoms with van der Waals surface area (Å²) < 4.78 is 0. The Balaban J connectivity index is 3.07. The van der Waals surface area contributed by atoms with Crippen molar-refractivity contribution in [3.8, 4) is 0 Å². The Morgan fingerprint density at radius 1 is 1.47 bits per heavy atom. The molecule has 0 amide bonds. The van der Waals surface area contributed by atoms with Crippen molar-refractivity contribution in [1.29, 1.82) is 0 Å². The molecule has 0 aliphatic heterocycles. The van der Waals surface area contributed by atoms with Crippen molar-refractivity contribution in [3.63, 3.8) is 0 Å². The predicted molar refractivity (Wildman–Crippen MR) is 61.6 cm³/mol. The van der Waals surface area contributed by atoms with Crippen LogP contribution in [0.2, 0.25) is 0 Å². The van der Waals surface area contributed by atoms with Crippen molar-refractivity contribution in [3.05, 3.63) is 29.8 Å². The maximum absolute atomic E-state index is 11.0. The first-order valence-corrected chi connectivity index (χ1v) is 5.13. The van der Waals surface area contributed by atoms with Gasteiger partial charge in [-0.15, -0.1) is 0 Å². The fourth-order valence-corrected chi connectivity index (χ4v) is 1.47. The fourth-order valence-electron chi connectivity index (χ4n) is 1.47. The van der Waals surface area contributed by atoms with Gasteiger partial charge in [-0.2, -0.15) is 0 Å². The van der Waals surface area contributed by atoms with E-state index in [9.17, 15) is 4.79 Å². The average molecular weight is 207 g/mol. The molecular formula is C12H17NO2. The minimum Gasteiger partial charge on any atom is -0.478 e. The van der Waals surface area contributed by atoms with Crippen molar-refractivity contribution in [2.24, 2.45) is 0 Å². The van der Waals surface area contributed by atoms with E-state index in [4.69, 9.17) is 5.11 Å². The van der Waals surface area contributed by atoms with Gasteiger partial charge < -0.3 is 10.0 Å². The molecule has 1 aromatic carbocycles. The van der Waals surface area contributed by atoms with Crippen LogP contribution in [-0.2, 0) is 0 Å². The zero-order valence-electron chi connectivity index (χ0n) is 9.40. The molecule has 3 nitrogen and oxygen atoms in total. The number of hydrogen-bond donors (Lipinski definition) is 1. The van der Waals surface area contributed by atoms with Crippen LogP contribution >= 0.6 is 0 Å². The number of carboxylic acids is 1. The van der Waals surface area contributed by atoms with E-state index in [-0.39, 0.29) is 0 Å². The second-order valence-corrected chi connectivity index (χ2v) is 3.69. The summed E-state index contributed by atoms with van der Waals surface area (Å²) in [5.74, 6) is -0.874. The summed E-state index contributed by atoms with van der Waals surface area (Å²) in [6, 6.07) is 7.43. The molecule has 0 aromatic heterocycles. The van der Waals surface area contributed by atoms with Crippen LogP contribution in [0.25, 0.3) is 0 Å². The summed E-state index contributed by atoms with van der Waals surface area (Å²) in [6.45, 7) is 4.17. The molecule has 0 spiro atoms. The summed E-state index contributed by atoms with van der Waals surface area (Å²) in [7, 11) is 1.93. The number of para-hydroxylation sites is 1. The third-order valence-corrected chi connectivity index (χ3v) is 2.77. The van der Waals surface area contributed by atoms with Crippen molar-refractivity contribution in [1.82, 2.24) is 0 Å². The quantitative estimate of drug-likeness (QED) is 0.825. The number of carbonyl (C=O) groups is 1. The van der Waals surface area contributed by atoms with E-state index in [2.05, 4.69) is 13.8 Å². The van der Waals surface area contributed by atoms with Gasteiger partial charge in [-0.05, 0) is 25.5 Å². The molecule has 1 unspecified atom stereocenters. The maximum Gasteiger partial charge on any atom is 0.337 e. The van der Waals surface area contributed by atoms with Crippen LogP contribution in [0.4, 0.5) is 5.69 Å². The predicted octanol–water partition coefficient (Wildman–Crippen LogP) is 2.62. The number of nitrogens with zero attached hydrogens (tertiary/aromatic N) is 1. The number of aromatic carboxylic acids is 1. The molecule has 0 aliphatic rings. The molecule has 1 atom stereocenters. The van der Waals surface area contributed by atoms with E-state index in [0.717, 1.165) is 12.1 Å². The lowest BCUT2D eigenvalue weighted by atomic mass is 10.1. The van der Waals surface area contributed by atoms with Crippen LogP contribution in [-0.4, -0.2) is 24.2 Å². The summed E-state index contributed by atoms with van der Waals surface area (Å²) in [5.41, 5.74) is 1.14. The molecule has 0 fully saturated rings. The topological polar surface area (TPSA) is 40.5 Å². The Morgan fingerprint density at radius 2 is 2.07 bits per heavy atom. The highest BCUT2D eigenvalue weighted by molar-refractivity contribution is 5.94. The van der Waals surface area contributed by atoms with Crippen LogP contribution in [0.15, 0.2) is 24.3 Å². The number of rotatable bonds is 4. The average Bonchev–Trinajstić information content (AvgIpc) is 2.27. The number of benzene rings is 1. The van der Waals surface area contributed by atoms with Gasteiger partial charge in [0.05, 0.1) is 11.3 Å². The third kappa shape index (κ3) is 2.49. The highest BCUT2D eigenvalue weighted by Gasteiger charge is 2.15. The lowest BCUT2D eigenvalue weighted by Crippen LogP contribution is -2.29. The van der Waals surface area contributed by atoms with Gasteiger partial charge in [-0.25, -0.2) is 4.79 Å². The van der Waals surface area contributed by atoms with E-state index in [0.29, 0.717) is 11.6 Å². The van der Waals surface area contributed by atoms with Gasteiger partial charge >= 0.3 is 5.97 Å². The van der Waals surface area contributed by atoms with Gasteiger partial charge in [0.25, 0.3) is 0 Å². The standard InChI is InChI=1S/C12H17NO2/c1-4-9(2)13(3)11-8-6-5-7-10(11)12(14)15/h5-9H,4H2,1-3H3,(H,14,15). The fraction of sp³-hybridized carbons (Fsp3) is 0.417. The summed E-state index contributed by atoms with van der Waals surface area (Å²) in [6.07, 6.45) is 0.991. The zero-order chi connectivity index (χ0) is 11.4. The molecule has 0 radical (unpaired) electrons. The van der Waals surface area contributed by atoms with Crippen LogP contribution in [0.1, 0.15) is 30.6 Å². The zero-order valence-corrected chi connectivity index (χ0v) is 9.40. The van der Waals surface area contributed by atoms with Crippen LogP contribution in [0, 0.1) is 0 Å². The highest BCUT2D eigenvalue weighted by Crippen LogP contribution is 2.21. The van der Waals surface area contributed by atoms with E-state index in [1.165, 1.54) is 0 Å². The van der Waals surface area contributed by atoms with Gasteiger partial charge in [-0.1, -0.05) is 19.1 Å². The number of anilines is 1. The van der Waals surface area contributed by atoms with Gasteiger partial charge in [0.1, 0.15) is 0 Å². The first-order valence-electron chi connectivity index (χ1n) is 5.13. The molecule has 0 bridgehead atoms. The van der Waals surface area contributed by atoms with Crippen LogP contribution in [0.3, 0.4) is 0 Å². The molecule has 0 aliphatic carbocycles. The summed E-state index contributed by atoms with van der Waals surface area (Å²) in [5, 5.41) is 9.04. The van der Waals surface area contributed by atoms with Crippen molar-refractivity contribution in [2.45, 2.75) is 26.3 Å². The Hall–Kier alpha value is -1.51. The van der Waals surface area contributed by atoms with E-state index < -0.39 is 5.97 Å². The Kier molecular flexibility index (Phi) is 3.72. The smallest absolute Gasteiger partial charge is 0.337 e. The third-order valence-electron chi connectivity index (χ3n) is 2.77. The monoisotopic (exact) mass is 207 g/mol. The maximum atomic E-state index is 11.0. The molecule has 82 valence electrons. The van der Waals surface area contributed by atoms with Gasteiger partial charge in [0.15, 0.2) is 0 Å². The summed E-state index contributed by atoms with van der Waals surface area (Å²) in [4.78, 5) is 13.0. The molecular weight excluding hydrogens is 190 g/mol. The molecule has 0 saturated heterocycles. The number of carboxylic acid groups (broad SMARTS) is 1. The van der Waals surface area contributed by atoms with Crippen molar-refractivity contribution >= 4 is 11.7 Å². The van der Waals surface area contributed by atoms with E-state index in [1.807, 2.05) is 24.1 Å². The molecule has 15 heavy (non-hydrogen) atoms. The largest absolute Gasteiger partial charge is 0.478 e. The van der Waals surface area contributed by atoms with E-state index in [1.54, 1.807) is 12.1 Å². The molecule has 3 heteroatoms. The Labute approximate surface area is 90.3 Å². The molecule has 1 rings (SSSR count). The molecule has 1 aromatic rings. The first kappa shape index (κ1) is 11.6. The summed E-state index contributed by atoms with van der Waals surface area (Å²) >= 11 is 0. The van der Waals surface area contributed by atoms with Gasteiger partial charge in [0, 0.05) is 13.1 Å². The van der Waals surface area contributed by atoms with Crippen molar-refractivity contribution in [2.75, 3.05) is 11.9 Å². The van der Waals surface area contributed by atoms with Crippen molar-refractivity contribution < 1.29 is 9.90 Å². The second kappa shape index (κ2) is 4.82. The highest BCUT2D eigenvalue weighted by atomic mass is 16.4. The minimum atomic E-state index is -0.874. The van der Waals surface area contributed by atoms with E-state index >= 15 is 0 Å². The van der Waals surface area contributed by atoms with Gasteiger partial charge in [0.2, 0.25) is 0 Å². The molecule has 0 saturated carbocycles. The minimum absolute atomic E-state index is 0.338. The SMILES string of the molecule is CCC(C)N(C)c1ccccc1C(=O)O.